The molecule has 6 nitrogen and oxygen atoms in total. The number of nitrogens with one attached hydrogen (secondary N) is 2. The molecule has 1 heterocycles. The second-order valence-electron chi connectivity index (χ2n) is 6.98. The molecule has 0 spiro atoms. The number of carbonyl (C=O) groups excluding carboxylic acids is 3. The molecule has 1 aromatic carbocycles. The number of aryl methyl sites for hydroxylation is 1. The first-order valence-electron chi connectivity index (χ1n) is 9.55. The normalized spacial score (nSPS) is 15.3. The molecule has 3 rings (SSSR count). The predicted octanol–water partition coefficient (Wildman–Crippen LogP) is 3.31. The van der Waals surface area contributed by atoms with Crippen molar-refractivity contribution >= 4 is 34.8 Å². The number of esters is 1. The van der Waals surface area contributed by atoms with E-state index in [1.165, 1.54) is 46.0 Å². The van der Waals surface area contributed by atoms with Gasteiger partial charge >= 0.3 is 5.97 Å². The van der Waals surface area contributed by atoms with E-state index < -0.39 is 30.2 Å². The largest absolute Gasteiger partial charge is 0.451 e. The van der Waals surface area contributed by atoms with Crippen LogP contribution in [0.25, 0.3) is 0 Å². The van der Waals surface area contributed by atoms with E-state index >= 15 is 0 Å². The molecule has 0 saturated heterocycles. The van der Waals surface area contributed by atoms with Crippen LogP contribution >= 0.6 is 11.3 Å². The van der Waals surface area contributed by atoms with E-state index in [4.69, 9.17) is 4.74 Å². The van der Waals surface area contributed by atoms with Gasteiger partial charge in [-0.15, -0.1) is 11.3 Å². The standard InChI is InChI=1S/C21H23FN2O4S/c1-2-13-3-8-17-14(9-13)10-18(29-17)21(27)28-12-20(26)23-11-19(25)24-16-6-4-15(22)5-7-16/h4-7,10,13H,2-3,8-9,11-12H2,1H3,(H,23,26)(H,24,25)/t13-/m1/s1. The highest BCUT2D eigenvalue weighted by Gasteiger charge is 2.23. The van der Waals surface area contributed by atoms with Gasteiger partial charge in [-0.05, 0) is 61.1 Å². The summed E-state index contributed by atoms with van der Waals surface area (Å²) >= 11 is 1.43. The zero-order valence-corrected chi connectivity index (χ0v) is 16.9. The van der Waals surface area contributed by atoms with Crippen LogP contribution < -0.4 is 10.6 Å². The number of anilines is 1. The lowest BCUT2D eigenvalue weighted by molar-refractivity contribution is -0.126. The second-order valence-corrected chi connectivity index (χ2v) is 8.12. The summed E-state index contributed by atoms with van der Waals surface area (Å²) in [5, 5.41) is 4.91. The number of rotatable bonds is 7. The minimum atomic E-state index is -0.569. The van der Waals surface area contributed by atoms with Crippen molar-refractivity contribution in [1.82, 2.24) is 5.32 Å². The van der Waals surface area contributed by atoms with Crippen LogP contribution in [0, 0.1) is 11.7 Å². The molecule has 2 N–H and O–H groups in total. The van der Waals surface area contributed by atoms with E-state index in [9.17, 15) is 18.8 Å². The minimum Gasteiger partial charge on any atom is -0.451 e. The van der Waals surface area contributed by atoms with Crippen molar-refractivity contribution in [3.63, 3.8) is 0 Å². The van der Waals surface area contributed by atoms with E-state index in [1.807, 2.05) is 6.07 Å². The highest BCUT2D eigenvalue weighted by atomic mass is 32.1. The first kappa shape index (κ1) is 21.0. The molecule has 1 atom stereocenters. The van der Waals surface area contributed by atoms with Crippen molar-refractivity contribution in [2.75, 3.05) is 18.5 Å². The molecule has 154 valence electrons. The van der Waals surface area contributed by atoms with Gasteiger partial charge in [0, 0.05) is 10.6 Å². The molecule has 1 aliphatic carbocycles. The van der Waals surface area contributed by atoms with Crippen LogP contribution in [-0.4, -0.2) is 30.9 Å². The molecule has 1 aromatic heterocycles. The van der Waals surface area contributed by atoms with Gasteiger partial charge in [-0.2, -0.15) is 0 Å². The first-order chi connectivity index (χ1) is 13.9. The number of benzene rings is 1. The number of thiophene rings is 1. The Kier molecular flexibility index (Phi) is 6.98. The van der Waals surface area contributed by atoms with Crippen LogP contribution in [0.3, 0.4) is 0 Å². The summed E-state index contributed by atoms with van der Waals surface area (Å²) in [7, 11) is 0. The molecule has 0 saturated carbocycles. The third-order valence-corrected chi connectivity index (χ3v) is 6.09. The molecule has 0 bridgehead atoms. The van der Waals surface area contributed by atoms with Crippen LogP contribution in [0.5, 0.6) is 0 Å². The molecule has 1 aliphatic rings. The number of hydrogen-bond acceptors (Lipinski definition) is 5. The maximum atomic E-state index is 12.8. The minimum absolute atomic E-state index is 0.278. The Hall–Kier alpha value is -2.74. The van der Waals surface area contributed by atoms with Gasteiger partial charge in [0.15, 0.2) is 6.61 Å². The van der Waals surface area contributed by atoms with Gasteiger partial charge in [0.1, 0.15) is 10.7 Å². The average molecular weight is 418 g/mol. The summed E-state index contributed by atoms with van der Waals surface area (Å²) < 4.78 is 17.9. The van der Waals surface area contributed by atoms with E-state index in [1.54, 1.807) is 0 Å². The van der Waals surface area contributed by atoms with Crippen LogP contribution in [0.15, 0.2) is 30.3 Å². The van der Waals surface area contributed by atoms with E-state index in [0.29, 0.717) is 16.5 Å². The average Bonchev–Trinajstić information content (AvgIpc) is 3.15. The first-order valence-corrected chi connectivity index (χ1v) is 10.4. The van der Waals surface area contributed by atoms with Crippen molar-refractivity contribution in [2.24, 2.45) is 5.92 Å². The number of carbonyl (C=O) groups is 3. The van der Waals surface area contributed by atoms with Gasteiger partial charge in [-0.3, -0.25) is 9.59 Å². The van der Waals surface area contributed by atoms with Gasteiger partial charge < -0.3 is 15.4 Å². The van der Waals surface area contributed by atoms with Crippen molar-refractivity contribution in [1.29, 1.82) is 0 Å². The SMILES string of the molecule is CC[C@@H]1CCc2sc(C(=O)OCC(=O)NCC(=O)Nc3ccc(F)cc3)cc2C1. The summed E-state index contributed by atoms with van der Waals surface area (Å²) in [6.07, 6.45) is 4.24. The lowest BCUT2D eigenvalue weighted by Crippen LogP contribution is -2.35. The fourth-order valence-electron chi connectivity index (χ4n) is 3.22. The smallest absolute Gasteiger partial charge is 0.348 e. The zero-order valence-electron chi connectivity index (χ0n) is 16.1. The second kappa shape index (κ2) is 9.65. The summed E-state index contributed by atoms with van der Waals surface area (Å²) in [5.41, 5.74) is 1.63. The monoisotopic (exact) mass is 418 g/mol. The van der Waals surface area contributed by atoms with Gasteiger partial charge in [0.05, 0.1) is 6.54 Å². The Labute approximate surface area is 172 Å². The molecular formula is C21H23FN2O4S. The molecule has 2 aromatic rings. The van der Waals surface area contributed by atoms with Crippen LogP contribution in [-0.2, 0) is 27.2 Å². The zero-order chi connectivity index (χ0) is 20.8. The lowest BCUT2D eigenvalue weighted by Gasteiger charge is -2.19. The topological polar surface area (TPSA) is 84.5 Å². The highest BCUT2D eigenvalue weighted by Crippen LogP contribution is 2.33. The third kappa shape index (κ3) is 5.87. The molecular weight excluding hydrogens is 395 g/mol. The molecule has 0 radical (unpaired) electrons. The summed E-state index contributed by atoms with van der Waals surface area (Å²) in [5.74, 6) is -1.31. The quantitative estimate of drug-likeness (QED) is 0.676. The van der Waals surface area contributed by atoms with Gasteiger partial charge in [-0.25, -0.2) is 9.18 Å². The summed E-state index contributed by atoms with van der Waals surface area (Å²) in [6.45, 7) is 1.44. The lowest BCUT2D eigenvalue weighted by atomic mass is 9.87. The highest BCUT2D eigenvalue weighted by molar-refractivity contribution is 7.14. The van der Waals surface area contributed by atoms with Crippen LogP contribution in [0.1, 0.15) is 39.9 Å². The molecule has 8 heteroatoms. The Bertz CT molecular complexity index is 895. The molecule has 0 fully saturated rings. The Balaban J connectivity index is 1.41. The van der Waals surface area contributed by atoms with Gasteiger partial charge in [0.2, 0.25) is 5.91 Å². The van der Waals surface area contributed by atoms with E-state index in [0.717, 1.165) is 25.7 Å². The number of ether oxygens (including phenoxy) is 1. The molecule has 0 unspecified atom stereocenters. The Morgan fingerprint density at radius 2 is 1.97 bits per heavy atom. The molecule has 29 heavy (non-hydrogen) atoms. The van der Waals surface area contributed by atoms with Crippen molar-refractivity contribution in [2.45, 2.75) is 32.6 Å². The summed E-state index contributed by atoms with van der Waals surface area (Å²) in [4.78, 5) is 37.6. The maximum absolute atomic E-state index is 12.8. The third-order valence-electron chi connectivity index (χ3n) is 4.87. The van der Waals surface area contributed by atoms with Crippen molar-refractivity contribution in [3.8, 4) is 0 Å². The molecule has 2 amide bonds. The van der Waals surface area contributed by atoms with Crippen LogP contribution in [0.4, 0.5) is 10.1 Å². The predicted molar refractivity (Wildman–Crippen MR) is 108 cm³/mol. The van der Waals surface area contributed by atoms with Gasteiger partial charge in [0.25, 0.3) is 5.91 Å². The fraction of sp³-hybridized carbons (Fsp3) is 0.381. The fourth-order valence-corrected chi connectivity index (χ4v) is 4.32. The molecule has 0 aliphatic heterocycles. The number of halogens is 1. The summed E-state index contributed by atoms with van der Waals surface area (Å²) in [6, 6.07) is 7.15. The number of hydrogen-bond donors (Lipinski definition) is 2. The number of fused-ring (bicyclic) bond motifs is 1. The Morgan fingerprint density at radius 1 is 1.21 bits per heavy atom. The van der Waals surface area contributed by atoms with Crippen LogP contribution in [0.2, 0.25) is 0 Å². The van der Waals surface area contributed by atoms with E-state index in [-0.39, 0.29) is 6.54 Å². The van der Waals surface area contributed by atoms with Crippen molar-refractivity contribution < 1.29 is 23.5 Å². The Morgan fingerprint density at radius 3 is 2.69 bits per heavy atom. The number of amides is 2. The van der Waals surface area contributed by atoms with E-state index in [2.05, 4.69) is 17.6 Å². The maximum Gasteiger partial charge on any atom is 0.348 e. The van der Waals surface area contributed by atoms with Gasteiger partial charge in [-0.1, -0.05) is 13.3 Å². The van der Waals surface area contributed by atoms with Crippen molar-refractivity contribution in [3.05, 3.63) is 51.5 Å².